The van der Waals surface area contributed by atoms with Gasteiger partial charge in [-0.2, -0.15) is 0 Å². The van der Waals surface area contributed by atoms with E-state index in [2.05, 4.69) is 10.5 Å². The van der Waals surface area contributed by atoms with Crippen LogP contribution in [0, 0.1) is 6.92 Å². The maximum absolute atomic E-state index is 12.4. The van der Waals surface area contributed by atoms with E-state index in [9.17, 15) is 9.59 Å². The second-order valence-corrected chi connectivity index (χ2v) is 5.70. The Morgan fingerprint density at radius 3 is 2.88 bits per heavy atom. The Bertz CT molecular complexity index is 714. The lowest BCUT2D eigenvalue weighted by atomic mass is 10.2. The van der Waals surface area contributed by atoms with Crippen LogP contribution in [0.4, 0.5) is 10.6 Å². The first-order chi connectivity index (χ1) is 11.6. The summed E-state index contributed by atoms with van der Waals surface area (Å²) in [6.45, 7) is 2.43. The Morgan fingerprint density at radius 2 is 2.17 bits per heavy atom. The van der Waals surface area contributed by atoms with E-state index in [1.165, 1.54) is 4.90 Å². The zero-order chi connectivity index (χ0) is 16.9. The van der Waals surface area contributed by atoms with Gasteiger partial charge in [-0.15, -0.1) is 0 Å². The molecule has 1 aromatic heterocycles. The van der Waals surface area contributed by atoms with Gasteiger partial charge in [0.25, 0.3) is 0 Å². The van der Waals surface area contributed by atoms with Crippen LogP contribution < -0.4 is 5.32 Å². The molecule has 3 rings (SSSR count). The highest BCUT2D eigenvalue weighted by molar-refractivity contribution is 5.96. The predicted molar refractivity (Wildman–Crippen MR) is 86.2 cm³/mol. The summed E-state index contributed by atoms with van der Waals surface area (Å²) in [5.41, 5.74) is 0.907. The van der Waals surface area contributed by atoms with Crippen molar-refractivity contribution in [2.75, 3.05) is 11.9 Å². The number of anilines is 1. The summed E-state index contributed by atoms with van der Waals surface area (Å²) >= 11 is 0. The molecule has 126 valence electrons. The second-order valence-electron chi connectivity index (χ2n) is 5.70. The molecule has 2 aromatic rings. The Hall–Kier alpha value is -2.83. The van der Waals surface area contributed by atoms with E-state index in [1.807, 2.05) is 30.3 Å². The van der Waals surface area contributed by atoms with Crippen LogP contribution in [0.5, 0.6) is 0 Å². The minimum atomic E-state index is -0.551. The molecule has 0 unspecified atom stereocenters. The summed E-state index contributed by atoms with van der Waals surface area (Å²) in [5.74, 6) is 0.676. The molecule has 1 atom stereocenters. The Balaban J connectivity index is 1.57. The smallest absolute Gasteiger partial charge is 0.410 e. The number of likely N-dealkylation sites (tertiary alicyclic amines) is 1. The number of benzene rings is 1. The number of nitrogens with one attached hydrogen (secondary N) is 1. The molecule has 1 N–H and O–H groups in total. The molecule has 0 spiro atoms. The minimum Gasteiger partial charge on any atom is -0.445 e. The van der Waals surface area contributed by atoms with Crippen molar-refractivity contribution >= 4 is 17.8 Å². The van der Waals surface area contributed by atoms with Crippen LogP contribution >= 0.6 is 0 Å². The van der Waals surface area contributed by atoms with Gasteiger partial charge in [-0.25, -0.2) is 4.79 Å². The lowest BCUT2D eigenvalue weighted by Crippen LogP contribution is -2.43. The molecule has 1 aromatic carbocycles. The molecule has 1 aliphatic heterocycles. The van der Waals surface area contributed by atoms with Crippen molar-refractivity contribution in [1.82, 2.24) is 10.1 Å². The average Bonchev–Trinajstić information content (AvgIpc) is 3.22. The van der Waals surface area contributed by atoms with Gasteiger partial charge >= 0.3 is 6.09 Å². The van der Waals surface area contributed by atoms with Gasteiger partial charge in [-0.3, -0.25) is 9.69 Å². The SMILES string of the molecule is Cc1cc(NC(=O)[C@@H]2CCCN2C(=O)OCc2ccccc2)no1. The van der Waals surface area contributed by atoms with Crippen LogP contribution in [0.3, 0.4) is 0 Å². The van der Waals surface area contributed by atoms with Crippen molar-refractivity contribution in [3.63, 3.8) is 0 Å². The molecule has 1 saturated heterocycles. The first-order valence-electron chi connectivity index (χ1n) is 7.85. The van der Waals surface area contributed by atoms with Crippen molar-refractivity contribution in [2.24, 2.45) is 0 Å². The van der Waals surface area contributed by atoms with Crippen molar-refractivity contribution in [2.45, 2.75) is 32.4 Å². The Labute approximate surface area is 139 Å². The molecule has 2 heterocycles. The van der Waals surface area contributed by atoms with Crippen molar-refractivity contribution in [1.29, 1.82) is 0 Å². The number of ether oxygens (including phenoxy) is 1. The van der Waals surface area contributed by atoms with Crippen LogP contribution in [-0.2, 0) is 16.1 Å². The zero-order valence-corrected chi connectivity index (χ0v) is 13.4. The second kappa shape index (κ2) is 7.16. The van der Waals surface area contributed by atoms with Gasteiger partial charge in [0.1, 0.15) is 18.4 Å². The van der Waals surface area contributed by atoms with Crippen LogP contribution in [0.15, 0.2) is 40.9 Å². The van der Waals surface area contributed by atoms with Gasteiger partial charge in [-0.05, 0) is 25.3 Å². The van der Waals surface area contributed by atoms with Crippen LogP contribution in [0.2, 0.25) is 0 Å². The summed E-state index contributed by atoms with van der Waals surface area (Å²) < 4.78 is 10.2. The predicted octanol–water partition coefficient (Wildman–Crippen LogP) is 2.72. The number of nitrogens with zero attached hydrogens (tertiary/aromatic N) is 2. The minimum absolute atomic E-state index is 0.187. The molecule has 2 amide bonds. The molecule has 0 aliphatic carbocycles. The van der Waals surface area contributed by atoms with E-state index in [1.54, 1.807) is 13.0 Å². The van der Waals surface area contributed by atoms with Crippen molar-refractivity contribution < 1.29 is 18.8 Å². The third-order valence-electron chi connectivity index (χ3n) is 3.87. The number of carbonyl (C=O) groups is 2. The number of aromatic nitrogens is 1. The topological polar surface area (TPSA) is 84.7 Å². The highest BCUT2D eigenvalue weighted by atomic mass is 16.6. The highest BCUT2D eigenvalue weighted by Gasteiger charge is 2.35. The fraction of sp³-hybridized carbons (Fsp3) is 0.353. The third-order valence-corrected chi connectivity index (χ3v) is 3.87. The number of amides is 2. The molecule has 0 saturated carbocycles. The molecule has 0 bridgehead atoms. The molecule has 0 radical (unpaired) electrons. The lowest BCUT2D eigenvalue weighted by Gasteiger charge is -2.22. The Kier molecular flexibility index (Phi) is 4.79. The number of aryl methyl sites for hydroxylation is 1. The standard InChI is InChI=1S/C17H19N3O4/c1-12-10-15(19-24-12)18-16(21)14-8-5-9-20(14)17(22)23-11-13-6-3-2-4-7-13/h2-4,6-7,10,14H,5,8-9,11H2,1H3,(H,18,19,21)/t14-/m0/s1. The van der Waals surface area contributed by atoms with Gasteiger partial charge in [0.2, 0.25) is 5.91 Å². The normalized spacial score (nSPS) is 16.9. The summed E-state index contributed by atoms with van der Waals surface area (Å²) in [4.78, 5) is 26.1. The first kappa shape index (κ1) is 16.0. The van der Waals surface area contributed by atoms with Gasteiger partial charge < -0.3 is 14.6 Å². The van der Waals surface area contributed by atoms with Gasteiger partial charge in [-0.1, -0.05) is 35.5 Å². The lowest BCUT2D eigenvalue weighted by molar-refractivity contribution is -0.120. The molecule has 1 aliphatic rings. The maximum Gasteiger partial charge on any atom is 0.410 e. The highest BCUT2D eigenvalue weighted by Crippen LogP contribution is 2.20. The van der Waals surface area contributed by atoms with Gasteiger partial charge in [0.05, 0.1) is 0 Å². The van der Waals surface area contributed by atoms with Gasteiger partial charge in [0.15, 0.2) is 5.82 Å². The van der Waals surface area contributed by atoms with Crippen molar-refractivity contribution in [3.8, 4) is 0 Å². The van der Waals surface area contributed by atoms with Crippen LogP contribution in [0.1, 0.15) is 24.2 Å². The Morgan fingerprint density at radius 1 is 1.38 bits per heavy atom. The monoisotopic (exact) mass is 329 g/mol. The van der Waals surface area contributed by atoms with Crippen LogP contribution in [-0.4, -0.2) is 34.6 Å². The molecular formula is C17H19N3O4. The maximum atomic E-state index is 12.4. The van der Waals surface area contributed by atoms with E-state index in [0.717, 1.165) is 12.0 Å². The molecule has 24 heavy (non-hydrogen) atoms. The fourth-order valence-electron chi connectivity index (χ4n) is 2.69. The number of hydrogen-bond acceptors (Lipinski definition) is 5. The summed E-state index contributed by atoms with van der Waals surface area (Å²) in [5, 5.41) is 6.40. The number of carbonyl (C=O) groups excluding carboxylic acids is 2. The largest absolute Gasteiger partial charge is 0.445 e. The van der Waals surface area contributed by atoms with Gasteiger partial charge in [0, 0.05) is 12.6 Å². The molecular weight excluding hydrogens is 310 g/mol. The van der Waals surface area contributed by atoms with Crippen molar-refractivity contribution in [3.05, 3.63) is 47.7 Å². The van der Waals surface area contributed by atoms with Crippen LogP contribution in [0.25, 0.3) is 0 Å². The molecule has 7 heteroatoms. The summed E-state index contributed by atoms with van der Waals surface area (Å²) in [7, 11) is 0. The number of hydrogen-bond donors (Lipinski definition) is 1. The quantitative estimate of drug-likeness (QED) is 0.932. The van der Waals surface area contributed by atoms with E-state index < -0.39 is 12.1 Å². The fourth-order valence-corrected chi connectivity index (χ4v) is 2.69. The van der Waals surface area contributed by atoms with E-state index in [-0.39, 0.29) is 12.5 Å². The van der Waals surface area contributed by atoms with E-state index in [0.29, 0.717) is 24.5 Å². The summed E-state index contributed by atoms with van der Waals surface area (Å²) in [6, 6.07) is 10.5. The third kappa shape index (κ3) is 3.73. The molecule has 7 nitrogen and oxygen atoms in total. The number of rotatable bonds is 4. The van der Waals surface area contributed by atoms with E-state index >= 15 is 0 Å². The summed E-state index contributed by atoms with van der Waals surface area (Å²) in [6.07, 6.45) is 0.882. The average molecular weight is 329 g/mol. The zero-order valence-electron chi connectivity index (χ0n) is 13.4. The molecule has 1 fully saturated rings. The van der Waals surface area contributed by atoms with E-state index in [4.69, 9.17) is 9.26 Å². The first-order valence-corrected chi connectivity index (χ1v) is 7.85.